The van der Waals surface area contributed by atoms with Gasteiger partial charge in [-0.1, -0.05) is 37.3 Å². The highest BCUT2D eigenvalue weighted by Crippen LogP contribution is 2.42. The van der Waals surface area contributed by atoms with Gasteiger partial charge in [-0.15, -0.1) is 0 Å². The SMILES string of the molecule is CCC1C(=O)C(O)=C(C)C1c1ccccc1. The molecule has 0 amide bonds. The van der Waals surface area contributed by atoms with Crippen molar-refractivity contribution in [1.29, 1.82) is 0 Å². The van der Waals surface area contributed by atoms with Crippen LogP contribution in [0.15, 0.2) is 41.7 Å². The summed E-state index contributed by atoms with van der Waals surface area (Å²) in [7, 11) is 0. The molecule has 0 spiro atoms. The van der Waals surface area contributed by atoms with Crippen LogP contribution in [0.1, 0.15) is 31.7 Å². The Balaban J connectivity index is 2.44. The van der Waals surface area contributed by atoms with Crippen LogP contribution in [0, 0.1) is 5.92 Å². The van der Waals surface area contributed by atoms with E-state index in [1.165, 1.54) is 0 Å². The van der Waals surface area contributed by atoms with Gasteiger partial charge in [0.1, 0.15) is 0 Å². The molecule has 1 N–H and O–H groups in total. The van der Waals surface area contributed by atoms with Crippen LogP contribution in [0.5, 0.6) is 0 Å². The maximum Gasteiger partial charge on any atom is 0.201 e. The first-order valence-electron chi connectivity index (χ1n) is 5.65. The van der Waals surface area contributed by atoms with E-state index in [-0.39, 0.29) is 23.4 Å². The fourth-order valence-electron chi connectivity index (χ4n) is 2.53. The number of hydrogen-bond donors (Lipinski definition) is 1. The molecular formula is C14H16O2. The largest absolute Gasteiger partial charge is 0.504 e. The lowest BCUT2D eigenvalue weighted by atomic mass is 9.83. The Bertz CT molecular complexity index is 431. The van der Waals surface area contributed by atoms with Crippen LogP contribution in [0.25, 0.3) is 0 Å². The standard InChI is InChI=1S/C14H16O2/c1-3-11-12(9(2)13(15)14(11)16)10-7-5-4-6-8-10/h4-8,11-12,15H,3H2,1-2H3. The fourth-order valence-corrected chi connectivity index (χ4v) is 2.53. The number of carbonyl (C=O) groups is 1. The van der Waals surface area contributed by atoms with Gasteiger partial charge in [-0.3, -0.25) is 4.79 Å². The third-order valence-electron chi connectivity index (χ3n) is 3.41. The quantitative estimate of drug-likeness (QED) is 0.824. The van der Waals surface area contributed by atoms with Crippen molar-refractivity contribution in [3.05, 3.63) is 47.2 Å². The predicted molar refractivity (Wildman–Crippen MR) is 63.3 cm³/mol. The zero-order valence-electron chi connectivity index (χ0n) is 9.60. The van der Waals surface area contributed by atoms with Crippen LogP contribution in [0.2, 0.25) is 0 Å². The summed E-state index contributed by atoms with van der Waals surface area (Å²) >= 11 is 0. The first-order chi connectivity index (χ1) is 7.66. The zero-order chi connectivity index (χ0) is 11.7. The number of ketones is 1. The molecule has 0 radical (unpaired) electrons. The molecular weight excluding hydrogens is 200 g/mol. The van der Waals surface area contributed by atoms with Gasteiger partial charge in [0.15, 0.2) is 5.76 Å². The normalized spacial score (nSPS) is 25.2. The van der Waals surface area contributed by atoms with Crippen LogP contribution in [-0.4, -0.2) is 10.9 Å². The topological polar surface area (TPSA) is 37.3 Å². The van der Waals surface area contributed by atoms with Gasteiger partial charge >= 0.3 is 0 Å². The van der Waals surface area contributed by atoms with E-state index in [4.69, 9.17) is 0 Å². The van der Waals surface area contributed by atoms with Gasteiger partial charge in [-0.2, -0.15) is 0 Å². The summed E-state index contributed by atoms with van der Waals surface area (Å²) in [6.45, 7) is 3.84. The molecule has 2 unspecified atom stereocenters. The first-order valence-corrected chi connectivity index (χ1v) is 5.65. The number of Topliss-reactive ketones (excluding diaryl/α,β-unsaturated/α-hetero) is 1. The molecule has 0 bridgehead atoms. The number of hydrogen-bond acceptors (Lipinski definition) is 2. The molecule has 0 saturated carbocycles. The Morgan fingerprint density at radius 3 is 2.44 bits per heavy atom. The molecule has 1 aliphatic carbocycles. The molecule has 0 heterocycles. The van der Waals surface area contributed by atoms with Crippen molar-refractivity contribution in [2.45, 2.75) is 26.2 Å². The minimum absolute atomic E-state index is 0.0271. The van der Waals surface area contributed by atoms with Crippen LogP contribution >= 0.6 is 0 Å². The highest BCUT2D eigenvalue weighted by atomic mass is 16.3. The van der Waals surface area contributed by atoms with Crippen molar-refractivity contribution in [3.8, 4) is 0 Å². The molecule has 1 aliphatic rings. The predicted octanol–water partition coefficient (Wildman–Crippen LogP) is 3.21. The second kappa shape index (κ2) is 4.12. The van der Waals surface area contributed by atoms with Crippen LogP contribution in [0.4, 0.5) is 0 Å². The molecule has 0 saturated heterocycles. The third-order valence-corrected chi connectivity index (χ3v) is 3.41. The Kier molecular flexibility index (Phi) is 2.82. The summed E-state index contributed by atoms with van der Waals surface area (Å²) in [5, 5.41) is 9.73. The number of benzene rings is 1. The molecule has 1 aromatic carbocycles. The molecule has 1 aromatic rings. The van der Waals surface area contributed by atoms with E-state index in [0.29, 0.717) is 0 Å². The molecule has 2 nitrogen and oxygen atoms in total. The minimum atomic E-state index is -0.103. The summed E-state index contributed by atoms with van der Waals surface area (Å²) in [5.74, 6) is -0.171. The van der Waals surface area contributed by atoms with Crippen molar-refractivity contribution in [2.75, 3.05) is 0 Å². The van der Waals surface area contributed by atoms with E-state index in [1.54, 1.807) is 0 Å². The lowest BCUT2D eigenvalue weighted by Crippen LogP contribution is -2.15. The Labute approximate surface area is 95.6 Å². The Morgan fingerprint density at radius 1 is 1.25 bits per heavy atom. The molecule has 0 aliphatic heterocycles. The number of carbonyl (C=O) groups excluding carboxylic acids is 1. The maximum absolute atomic E-state index is 11.8. The summed E-state index contributed by atoms with van der Waals surface area (Å²) in [6, 6.07) is 9.93. The van der Waals surface area contributed by atoms with Crippen molar-refractivity contribution in [1.82, 2.24) is 0 Å². The smallest absolute Gasteiger partial charge is 0.201 e. The van der Waals surface area contributed by atoms with E-state index in [2.05, 4.69) is 0 Å². The first kappa shape index (κ1) is 10.9. The molecule has 2 rings (SSSR count). The number of aliphatic hydroxyl groups is 1. The summed E-state index contributed by atoms with van der Waals surface area (Å²) in [4.78, 5) is 11.8. The second-order valence-electron chi connectivity index (χ2n) is 4.30. The Morgan fingerprint density at radius 2 is 1.88 bits per heavy atom. The fraction of sp³-hybridized carbons (Fsp3) is 0.357. The lowest BCUT2D eigenvalue weighted by Gasteiger charge is -2.18. The number of aliphatic hydroxyl groups excluding tert-OH is 1. The van der Waals surface area contributed by atoms with Gasteiger partial charge in [0.05, 0.1) is 0 Å². The Hall–Kier alpha value is -1.57. The van der Waals surface area contributed by atoms with E-state index in [1.807, 2.05) is 44.2 Å². The third kappa shape index (κ3) is 1.54. The van der Waals surface area contributed by atoms with Gasteiger partial charge in [0.25, 0.3) is 0 Å². The molecule has 2 atom stereocenters. The van der Waals surface area contributed by atoms with Crippen molar-refractivity contribution in [3.63, 3.8) is 0 Å². The van der Waals surface area contributed by atoms with Crippen molar-refractivity contribution < 1.29 is 9.90 Å². The maximum atomic E-state index is 11.8. The molecule has 16 heavy (non-hydrogen) atoms. The minimum Gasteiger partial charge on any atom is -0.504 e. The highest BCUT2D eigenvalue weighted by Gasteiger charge is 2.39. The summed E-state index contributed by atoms with van der Waals surface area (Å²) < 4.78 is 0. The van der Waals surface area contributed by atoms with E-state index >= 15 is 0 Å². The molecule has 84 valence electrons. The van der Waals surface area contributed by atoms with Crippen molar-refractivity contribution >= 4 is 5.78 Å². The molecule has 2 heteroatoms. The summed E-state index contributed by atoms with van der Waals surface area (Å²) in [5.41, 5.74) is 1.92. The van der Waals surface area contributed by atoms with E-state index in [0.717, 1.165) is 17.6 Å². The number of allylic oxidation sites excluding steroid dienone is 2. The summed E-state index contributed by atoms with van der Waals surface area (Å²) in [6.07, 6.45) is 0.764. The average Bonchev–Trinajstić information content (AvgIpc) is 2.54. The van der Waals surface area contributed by atoms with Gasteiger partial charge in [0, 0.05) is 11.8 Å². The highest BCUT2D eigenvalue weighted by molar-refractivity contribution is 5.99. The lowest BCUT2D eigenvalue weighted by molar-refractivity contribution is -0.120. The van der Waals surface area contributed by atoms with Gasteiger partial charge < -0.3 is 5.11 Å². The van der Waals surface area contributed by atoms with Gasteiger partial charge in [-0.05, 0) is 24.5 Å². The second-order valence-corrected chi connectivity index (χ2v) is 4.30. The van der Waals surface area contributed by atoms with Gasteiger partial charge in [-0.25, -0.2) is 0 Å². The van der Waals surface area contributed by atoms with Crippen LogP contribution in [-0.2, 0) is 4.79 Å². The van der Waals surface area contributed by atoms with E-state index < -0.39 is 0 Å². The zero-order valence-corrected chi connectivity index (χ0v) is 9.60. The molecule has 0 aromatic heterocycles. The van der Waals surface area contributed by atoms with Crippen molar-refractivity contribution in [2.24, 2.45) is 5.92 Å². The van der Waals surface area contributed by atoms with Crippen LogP contribution in [0.3, 0.4) is 0 Å². The van der Waals surface area contributed by atoms with Crippen LogP contribution < -0.4 is 0 Å². The average molecular weight is 216 g/mol. The van der Waals surface area contributed by atoms with Gasteiger partial charge in [0.2, 0.25) is 5.78 Å². The monoisotopic (exact) mass is 216 g/mol. The molecule has 0 fully saturated rings. The van der Waals surface area contributed by atoms with E-state index in [9.17, 15) is 9.90 Å². The number of rotatable bonds is 2.